The molecule has 2 amide bonds. The van der Waals surface area contributed by atoms with E-state index in [4.69, 9.17) is 30.5 Å². The van der Waals surface area contributed by atoms with Crippen LogP contribution in [0.15, 0.2) is 48.1 Å². The standard InChI is InChI=1S/C28H35ClN2O7/c1-16-8-7-9-22(36-6)28(34)15-21(37-26(33)30-28)17(2)25-27(3,38-25)11-10-23(32)31(4)19-13-18(12-16)14-20(35-5)24(19)29/h7-11,13-14,17,21-22,25,34H,12,15H2,1-6H3,(H,30,33)/b9-7-,11-10-,16-8-/t17-,21+,22-,25+,27+,28+/m1/s1. The normalized spacial score (nSPS) is 36.7. The Morgan fingerprint density at radius 3 is 2.68 bits per heavy atom. The lowest BCUT2D eigenvalue weighted by Crippen LogP contribution is -2.63. The smallest absolute Gasteiger partial charge is 0.409 e. The van der Waals surface area contributed by atoms with E-state index in [1.54, 1.807) is 25.3 Å². The highest BCUT2D eigenvalue weighted by Gasteiger charge is 2.58. The Hall–Kier alpha value is -2.85. The summed E-state index contributed by atoms with van der Waals surface area (Å²) in [5.41, 5.74) is 0.00882. The number of alkyl carbamates (subject to hydrolysis) is 1. The van der Waals surface area contributed by atoms with Crippen molar-refractivity contribution in [1.82, 2.24) is 5.32 Å². The van der Waals surface area contributed by atoms with Gasteiger partial charge in [-0.25, -0.2) is 4.79 Å². The summed E-state index contributed by atoms with van der Waals surface area (Å²) in [4.78, 5) is 27.0. The highest BCUT2D eigenvalue weighted by atomic mass is 35.5. The molecule has 3 heterocycles. The average molecular weight is 547 g/mol. The lowest BCUT2D eigenvalue weighted by atomic mass is 9.85. The number of carbonyl (C=O) groups is 2. The third-order valence-corrected chi connectivity index (χ3v) is 7.84. The second-order valence-corrected chi connectivity index (χ2v) is 10.7. The average Bonchev–Trinajstić information content (AvgIpc) is 3.55. The van der Waals surface area contributed by atoms with Crippen molar-refractivity contribution in [3.8, 4) is 5.75 Å². The quantitative estimate of drug-likeness (QED) is 0.541. The van der Waals surface area contributed by atoms with Crippen LogP contribution in [0.5, 0.6) is 5.75 Å². The second kappa shape index (κ2) is 10.7. The van der Waals surface area contributed by atoms with Crippen molar-refractivity contribution >= 4 is 29.3 Å². The molecule has 4 bridgehead atoms. The van der Waals surface area contributed by atoms with Crippen molar-refractivity contribution in [2.75, 3.05) is 26.2 Å². The molecule has 0 unspecified atom stereocenters. The van der Waals surface area contributed by atoms with E-state index in [2.05, 4.69) is 5.32 Å². The number of ether oxygens (including phenoxy) is 4. The summed E-state index contributed by atoms with van der Waals surface area (Å²) < 4.78 is 22.5. The van der Waals surface area contributed by atoms with Crippen LogP contribution in [0, 0.1) is 5.92 Å². The van der Waals surface area contributed by atoms with Gasteiger partial charge in [0, 0.05) is 32.6 Å². The van der Waals surface area contributed by atoms with Crippen LogP contribution in [0.3, 0.4) is 0 Å². The van der Waals surface area contributed by atoms with Crippen molar-refractivity contribution < 1.29 is 33.6 Å². The highest BCUT2D eigenvalue weighted by Crippen LogP contribution is 2.46. The molecule has 2 N–H and O–H groups in total. The molecule has 1 aromatic carbocycles. The monoisotopic (exact) mass is 546 g/mol. The number of methoxy groups -OCH3 is 2. The number of anilines is 1. The van der Waals surface area contributed by atoms with Gasteiger partial charge in [-0.15, -0.1) is 0 Å². The van der Waals surface area contributed by atoms with Crippen LogP contribution in [0.4, 0.5) is 10.5 Å². The third kappa shape index (κ3) is 5.61. The molecule has 0 saturated carbocycles. The van der Waals surface area contributed by atoms with Gasteiger partial charge in [0.05, 0.1) is 18.9 Å². The van der Waals surface area contributed by atoms with E-state index in [9.17, 15) is 14.7 Å². The number of likely N-dealkylation sites (N-methyl/N-ethyl adjacent to an activating group) is 1. The van der Waals surface area contributed by atoms with Crippen LogP contribution in [-0.2, 0) is 25.4 Å². The van der Waals surface area contributed by atoms with E-state index in [-0.39, 0.29) is 24.3 Å². The maximum absolute atomic E-state index is 13.1. The van der Waals surface area contributed by atoms with Gasteiger partial charge in [-0.1, -0.05) is 42.3 Å². The van der Waals surface area contributed by atoms with Gasteiger partial charge in [0.2, 0.25) is 0 Å². The molecule has 1 aromatic rings. The number of hydrogen-bond donors (Lipinski definition) is 2. The fourth-order valence-corrected chi connectivity index (χ4v) is 5.47. The fraction of sp³-hybridized carbons (Fsp3) is 0.500. The van der Waals surface area contributed by atoms with Crippen LogP contribution in [0.25, 0.3) is 0 Å². The number of hydrogen-bond acceptors (Lipinski definition) is 7. The fourth-order valence-electron chi connectivity index (χ4n) is 5.16. The van der Waals surface area contributed by atoms with Crippen LogP contribution in [-0.4, -0.2) is 68.0 Å². The first-order valence-electron chi connectivity index (χ1n) is 12.5. The Balaban J connectivity index is 1.75. The number of rotatable bonds is 2. The van der Waals surface area contributed by atoms with Gasteiger partial charge >= 0.3 is 6.09 Å². The molecule has 2 fully saturated rings. The molecular weight excluding hydrogens is 512 g/mol. The molecule has 206 valence electrons. The maximum Gasteiger partial charge on any atom is 0.409 e. The Bertz CT molecular complexity index is 1200. The first kappa shape index (κ1) is 28.2. The Morgan fingerprint density at radius 2 is 2.00 bits per heavy atom. The van der Waals surface area contributed by atoms with Crippen molar-refractivity contribution in [3.63, 3.8) is 0 Å². The van der Waals surface area contributed by atoms with E-state index in [1.807, 2.05) is 39.0 Å². The number of nitrogens with one attached hydrogen (secondary N) is 1. The number of benzene rings is 1. The van der Waals surface area contributed by atoms with Gasteiger partial charge in [-0.3, -0.25) is 10.1 Å². The first-order chi connectivity index (χ1) is 17.9. The summed E-state index contributed by atoms with van der Waals surface area (Å²) in [5, 5.41) is 14.3. The molecule has 6 atom stereocenters. The van der Waals surface area contributed by atoms with Crippen molar-refractivity contribution in [2.24, 2.45) is 5.92 Å². The van der Waals surface area contributed by atoms with Crippen molar-refractivity contribution in [1.29, 1.82) is 0 Å². The van der Waals surface area contributed by atoms with E-state index >= 15 is 0 Å². The molecule has 0 spiro atoms. The summed E-state index contributed by atoms with van der Waals surface area (Å²) in [7, 11) is 4.66. The molecule has 4 rings (SSSR count). The molecule has 38 heavy (non-hydrogen) atoms. The number of allylic oxidation sites excluding steroid dienone is 3. The summed E-state index contributed by atoms with van der Waals surface area (Å²) in [5.74, 6) is -0.0859. The maximum atomic E-state index is 13.1. The lowest BCUT2D eigenvalue weighted by Gasteiger charge is -2.42. The zero-order chi connectivity index (χ0) is 27.8. The summed E-state index contributed by atoms with van der Waals surface area (Å²) in [6.45, 7) is 5.72. The number of halogens is 1. The first-order valence-corrected chi connectivity index (χ1v) is 12.9. The predicted octanol–water partition coefficient (Wildman–Crippen LogP) is 3.92. The van der Waals surface area contributed by atoms with E-state index in [0.29, 0.717) is 22.9 Å². The number of nitrogens with zero attached hydrogens (tertiary/aromatic N) is 1. The minimum Gasteiger partial charge on any atom is -0.495 e. The van der Waals surface area contributed by atoms with Crippen LogP contribution >= 0.6 is 11.6 Å². The van der Waals surface area contributed by atoms with Gasteiger partial charge in [0.1, 0.15) is 28.6 Å². The third-order valence-electron chi connectivity index (χ3n) is 7.46. The topological polar surface area (TPSA) is 110 Å². The minimum absolute atomic E-state index is 0.0941. The molecule has 3 aliphatic heterocycles. The number of amides is 2. The van der Waals surface area contributed by atoms with Gasteiger partial charge in [-0.05, 0) is 44.0 Å². The van der Waals surface area contributed by atoms with Gasteiger partial charge in [0.25, 0.3) is 5.91 Å². The second-order valence-electron chi connectivity index (χ2n) is 10.4. The Morgan fingerprint density at radius 1 is 1.26 bits per heavy atom. The summed E-state index contributed by atoms with van der Waals surface area (Å²) >= 11 is 6.58. The zero-order valence-electron chi connectivity index (χ0n) is 22.5. The Labute approximate surface area is 228 Å². The van der Waals surface area contributed by atoms with E-state index < -0.39 is 29.6 Å². The highest BCUT2D eigenvalue weighted by molar-refractivity contribution is 6.35. The minimum atomic E-state index is -1.68. The van der Waals surface area contributed by atoms with Crippen LogP contribution in [0.2, 0.25) is 5.02 Å². The van der Waals surface area contributed by atoms with Crippen molar-refractivity contribution in [3.05, 3.63) is 58.7 Å². The molecule has 10 heteroatoms. The summed E-state index contributed by atoms with van der Waals surface area (Å²) in [6.07, 6.45) is 6.68. The Kier molecular flexibility index (Phi) is 7.95. The molecule has 0 aromatic heterocycles. The van der Waals surface area contributed by atoms with E-state index in [1.165, 1.54) is 25.2 Å². The lowest BCUT2D eigenvalue weighted by molar-refractivity contribution is -0.142. The predicted molar refractivity (Wildman–Crippen MR) is 143 cm³/mol. The number of epoxide rings is 1. The SMILES string of the molecule is COc1cc2cc(c1Cl)N(C)C(=O)/C=C\[C@]1(C)O[C@H]1[C@H](C)[C@@H]1C[C@@](O)(NC(=O)O1)[C@H](OC)/C=C\C=C(\C)C2. The zero-order valence-corrected chi connectivity index (χ0v) is 23.2. The van der Waals surface area contributed by atoms with Crippen LogP contribution in [0.1, 0.15) is 32.8 Å². The van der Waals surface area contributed by atoms with Crippen LogP contribution < -0.4 is 15.0 Å². The van der Waals surface area contributed by atoms with Crippen molar-refractivity contribution in [2.45, 2.75) is 63.3 Å². The number of carbonyl (C=O) groups excluding carboxylic acids is 2. The van der Waals surface area contributed by atoms with Gasteiger partial charge in [-0.2, -0.15) is 0 Å². The molecule has 3 aliphatic rings. The molecule has 0 aliphatic carbocycles. The van der Waals surface area contributed by atoms with Gasteiger partial charge < -0.3 is 29.0 Å². The molecule has 0 radical (unpaired) electrons. The van der Waals surface area contributed by atoms with Gasteiger partial charge in [0.15, 0.2) is 5.72 Å². The molecule has 2 saturated heterocycles. The number of fused-ring (bicyclic) bond motifs is 5. The molecule has 9 nitrogen and oxygen atoms in total. The summed E-state index contributed by atoms with van der Waals surface area (Å²) in [6, 6.07) is 3.70. The molecular formula is C28H35ClN2O7. The van der Waals surface area contributed by atoms with E-state index in [0.717, 1.165) is 11.1 Å². The number of aliphatic hydroxyl groups is 1. The largest absolute Gasteiger partial charge is 0.495 e.